The smallest absolute Gasteiger partial charge is 0.307 e. The lowest BCUT2D eigenvalue weighted by Gasteiger charge is -2.25. The molecular formula is C29H35N3O5. The van der Waals surface area contributed by atoms with E-state index in [1.54, 1.807) is 31.8 Å². The van der Waals surface area contributed by atoms with E-state index in [4.69, 9.17) is 9.47 Å². The second kappa shape index (κ2) is 12.3. The predicted molar refractivity (Wildman–Crippen MR) is 142 cm³/mol. The van der Waals surface area contributed by atoms with Crippen molar-refractivity contribution < 1.29 is 19.1 Å². The summed E-state index contributed by atoms with van der Waals surface area (Å²) >= 11 is 0. The molecular weight excluding hydrogens is 470 g/mol. The molecule has 1 aromatic carbocycles. The van der Waals surface area contributed by atoms with Crippen LogP contribution < -0.4 is 15.6 Å². The number of hydrogen-bond donors (Lipinski definition) is 1. The molecule has 196 valence electrons. The maximum atomic E-state index is 13.6. The van der Waals surface area contributed by atoms with Crippen molar-refractivity contribution in [3.05, 3.63) is 82.0 Å². The summed E-state index contributed by atoms with van der Waals surface area (Å²) in [6.07, 6.45) is 5.36. The third-order valence-corrected chi connectivity index (χ3v) is 6.26. The number of aryl methyl sites for hydroxylation is 2. The Bertz CT molecular complexity index is 1310. The number of benzene rings is 1. The zero-order chi connectivity index (χ0) is 27.1. The number of nitrogens with zero attached hydrogens (tertiary/aromatic N) is 2. The van der Waals surface area contributed by atoms with Gasteiger partial charge < -0.3 is 19.4 Å². The summed E-state index contributed by atoms with van der Waals surface area (Å²) in [5.74, 6) is 0.0225. The van der Waals surface area contributed by atoms with Crippen molar-refractivity contribution in [1.29, 1.82) is 0 Å². The van der Waals surface area contributed by atoms with E-state index < -0.39 is 18.1 Å². The Balaban J connectivity index is 2.01. The summed E-state index contributed by atoms with van der Waals surface area (Å²) in [5, 5.41) is 3.00. The van der Waals surface area contributed by atoms with Crippen LogP contribution in [0.4, 0.5) is 0 Å². The Morgan fingerprint density at radius 1 is 1.08 bits per heavy atom. The first-order chi connectivity index (χ1) is 17.6. The van der Waals surface area contributed by atoms with Crippen LogP contribution in [0, 0.1) is 19.8 Å². The minimum absolute atomic E-state index is 0.0878. The first-order valence-corrected chi connectivity index (χ1v) is 12.3. The van der Waals surface area contributed by atoms with Crippen LogP contribution in [0.5, 0.6) is 5.75 Å². The summed E-state index contributed by atoms with van der Waals surface area (Å²) in [6.45, 7) is 7.80. The van der Waals surface area contributed by atoms with Gasteiger partial charge in [-0.3, -0.25) is 19.4 Å². The van der Waals surface area contributed by atoms with E-state index in [9.17, 15) is 14.4 Å². The van der Waals surface area contributed by atoms with Crippen LogP contribution >= 0.6 is 0 Å². The zero-order valence-electron chi connectivity index (χ0n) is 22.3. The molecule has 3 rings (SSSR count). The highest BCUT2D eigenvalue weighted by Gasteiger charge is 2.27. The summed E-state index contributed by atoms with van der Waals surface area (Å²) in [4.78, 5) is 43.1. The first kappa shape index (κ1) is 27.6. The van der Waals surface area contributed by atoms with Gasteiger partial charge in [-0.25, -0.2) is 0 Å². The van der Waals surface area contributed by atoms with Crippen molar-refractivity contribution in [2.24, 2.45) is 5.92 Å². The normalized spacial score (nSPS) is 12.6. The fourth-order valence-electron chi connectivity index (χ4n) is 4.38. The van der Waals surface area contributed by atoms with E-state index in [0.717, 1.165) is 22.3 Å². The lowest BCUT2D eigenvalue weighted by Crippen LogP contribution is -2.40. The molecule has 8 nitrogen and oxygen atoms in total. The average molecular weight is 506 g/mol. The number of pyridine rings is 2. The molecule has 1 amide bonds. The Morgan fingerprint density at radius 2 is 1.84 bits per heavy atom. The molecule has 0 aliphatic rings. The number of rotatable bonds is 10. The number of hydrogen-bond acceptors (Lipinski definition) is 6. The minimum Gasteiger partial charge on any atom is -0.496 e. The number of carbonyl (C=O) groups is 2. The molecule has 2 heterocycles. The van der Waals surface area contributed by atoms with Gasteiger partial charge in [0.1, 0.15) is 11.8 Å². The van der Waals surface area contributed by atoms with E-state index in [2.05, 4.69) is 10.3 Å². The Hall–Kier alpha value is -3.94. The maximum Gasteiger partial charge on any atom is 0.307 e. The van der Waals surface area contributed by atoms with Gasteiger partial charge in [-0.2, -0.15) is 0 Å². The summed E-state index contributed by atoms with van der Waals surface area (Å²) in [7, 11) is 2.92. The van der Waals surface area contributed by atoms with Crippen LogP contribution in [0.2, 0.25) is 0 Å². The quantitative estimate of drug-likeness (QED) is 0.406. The van der Waals surface area contributed by atoms with E-state index in [0.29, 0.717) is 17.7 Å². The molecule has 2 atom stereocenters. The molecule has 0 spiro atoms. The van der Waals surface area contributed by atoms with Crippen LogP contribution in [0.25, 0.3) is 11.1 Å². The van der Waals surface area contributed by atoms with Gasteiger partial charge in [0, 0.05) is 35.8 Å². The number of methoxy groups -OCH3 is 2. The standard InChI is InChI=1S/C29H35N3O5/c1-18(2)12-24(32-11-10-19(3)13-26(32)33)29(35)31-23(15-27(34)37-6)21-14-22(17-30-16-21)28-20(4)8-7-9-25(28)36-5/h7-11,13-14,16-18,23-24H,12,15H2,1-6H3,(H,31,35)/t23-,24-/m0/s1. The van der Waals surface area contributed by atoms with Gasteiger partial charge in [0.15, 0.2) is 0 Å². The predicted octanol–water partition coefficient (Wildman–Crippen LogP) is 4.54. The second-order valence-electron chi connectivity index (χ2n) is 9.60. The highest BCUT2D eigenvalue weighted by Crippen LogP contribution is 2.34. The van der Waals surface area contributed by atoms with E-state index in [1.165, 1.54) is 17.7 Å². The Kier molecular flexibility index (Phi) is 9.22. The van der Waals surface area contributed by atoms with Gasteiger partial charge in [-0.15, -0.1) is 0 Å². The largest absolute Gasteiger partial charge is 0.496 e. The lowest BCUT2D eigenvalue weighted by atomic mass is 9.96. The van der Waals surface area contributed by atoms with Gasteiger partial charge in [0.05, 0.1) is 26.7 Å². The molecule has 0 radical (unpaired) electrons. The van der Waals surface area contributed by atoms with Crippen molar-refractivity contribution in [1.82, 2.24) is 14.9 Å². The van der Waals surface area contributed by atoms with Crippen molar-refractivity contribution in [2.45, 2.75) is 52.6 Å². The fraction of sp³-hybridized carbons (Fsp3) is 0.379. The third-order valence-electron chi connectivity index (χ3n) is 6.26. The average Bonchev–Trinajstić information content (AvgIpc) is 2.86. The SMILES string of the molecule is COC(=O)C[C@H](NC(=O)[C@H](CC(C)C)n1ccc(C)cc1=O)c1cncc(-c2c(C)cccc2OC)c1. The number of aromatic nitrogens is 2. The molecule has 0 aliphatic heterocycles. The molecule has 0 fully saturated rings. The highest BCUT2D eigenvalue weighted by molar-refractivity contribution is 5.82. The molecule has 2 aromatic heterocycles. The van der Waals surface area contributed by atoms with Crippen LogP contribution in [0.3, 0.4) is 0 Å². The van der Waals surface area contributed by atoms with Crippen LogP contribution in [0.15, 0.2) is 59.8 Å². The van der Waals surface area contributed by atoms with Crippen molar-refractivity contribution >= 4 is 11.9 Å². The van der Waals surface area contributed by atoms with E-state index >= 15 is 0 Å². The number of amides is 1. The van der Waals surface area contributed by atoms with Gasteiger partial charge in [-0.05, 0) is 61.1 Å². The molecule has 1 N–H and O–H groups in total. The lowest BCUT2D eigenvalue weighted by molar-refractivity contribution is -0.141. The van der Waals surface area contributed by atoms with Crippen LogP contribution in [0.1, 0.15) is 55.5 Å². The van der Waals surface area contributed by atoms with Crippen molar-refractivity contribution in [2.75, 3.05) is 14.2 Å². The van der Waals surface area contributed by atoms with Gasteiger partial charge in [0.2, 0.25) is 5.91 Å². The minimum atomic E-state index is -0.735. The van der Waals surface area contributed by atoms with Crippen molar-refractivity contribution in [3.63, 3.8) is 0 Å². The maximum absolute atomic E-state index is 13.6. The van der Waals surface area contributed by atoms with Gasteiger partial charge >= 0.3 is 5.97 Å². The van der Waals surface area contributed by atoms with Crippen molar-refractivity contribution in [3.8, 4) is 16.9 Å². The summed E-state index contributed by atoms with van der Waals surface area (Å²) < 4.78 is 11.9. The fourth-order valence-corrected chi connectivity index (χ4v) is 4.38. The highest BCUT2D eigenvalue weighted by atomic mass is 16.5. The molecule has 0 aliphatic carbocycles. The summed E-state index contributed by atoms with van der Waals surface area (Å²) in [6, 6.07) is 9.52. The molecule has 0 saturated heterocycles. The third kappa shape index (κ3) is 6.84. The molecule has 0 saturated carbocycles. The number of esters is 1. The Morgan fingerprint density at radius 3 is 2.49 bits per heavy atom. The number of nitrogens with one attached hydrogen (secondary N) is 1. The van der Waals surface area contributed by atoms with E-state index in [-0.39, 0.29) is 23.8 Å². The number of ether oxygens (including phenoxy) is 2. The zero-order valence-corrected chi connectivity index (χ0v) is 22.3. The number of carbonyl (C=O) groups excluding carboxylic acids is 2. The van der Waals surface area contributed by atoms with Gasteiger partial charge in [0.25, 0.3) is 5.56 Å². The topological polar surface area (TPSA) is 99.5 Å². The van der Waals surface area contributed by atoms with Crippen LogP contribution in [-0.4, -0.2) is 35.6 Å². The van der Waals surface area contributed by atoms with Gasteiger partial charge in [-0.1, -0.05) is 26.0 Å². The first-order valence-electron chi connectivity index (χ1n) is 12.3. The second-order valence-corrected chi connectivity index (χ2v) is 9.60. The monoisotopic (exact) mass is 505 g/mol. The van der Waals surface area contributed by atoms with Crippen LogP contribution in [-0.2, 0) is 14.3 Å². The molecule has 37 heavy (non-hydrogen) atoms. The molecule has 0 unspecified atom stereocenters. The molecule has 0 bridgehead atoms. The Labute approximate surface area is 217 Å². The molecule has 8 heteroatoms. The summed E-state index contributed by atoms with van der Waals surface area (Å²) in [5.41, 5.74) is 3.89. The molecule has 3 aromatic rings. The van der Waals surface area contributed by atoms with E-state index in [1.807, 2.05) is 52.0 Å².